The molecule has 0 amide bonds. The van der Waals surface area contributed by atoms with Gasteiger partial charge >= 0.3 is 12.1 Å². The number of aromatic carboxylic acids is 1. The third-order valence-electron chi connectivity index (χ3n) is 2.79. The summed E-state index contributed by atoms with van der Waals surface area (Å²) in [6.45, 7) is 1.11. The lowest BCUT2D eigenvalue weighted by molar-refractivity contribution is 0.0544. The maximum absolute atomic E-state index is 11.5. The van der Waals surface area contributed by atoms with Crippen LogP contribution in [0.4, 0.5) is 4.79 Å². The number of benzene rings is 1. The number of carbonyl (C=O) groups excluding carboxylic acids is 1. The second-order valence-corrected chi connectivity index (χ2v) is 4.46. The van der Waals surface area contributed by atoms with Gasteiger partial charge in [0.15, 0.2) is 0 Å². The third kappa shape index (κ3) is 4.90. The Kier molecular flexibility index (Phi) is 5.84. The van der Waals surface area contributed by atoms with E-state index in [4.69, 9.17) is 25.1 Å². The lowest BCUT2D eigenvalue weighted by atomic mass is 10.2. The average Bonchev–Trinajstić information content (AvgIpc) is 2.54. The Bertz CT molecular complexity index is 703. The Hall–Kier alpha value is -2.71. The second-order valence-electron chi connectivity index (χ2n) is 4.46. The summed E-state index contributed by atoms with van der Waals surface area (Å²) < 4.78 is 14.9. The first-order valence-electron chi connectivity index (χ1n) is 6.86. The molecule has 0 aliphatic rings. The fraction of sp³-hybridized carbons (Fsp3) is 0.267. The van der Waals surface area contributed by atoms with Crippen LogP contribution in [0.1, 0.15) is 10.5 Å². The lowest BCUT2D eigenvalue weighted by Crippen LogP contribution is -2.16. The van der Waals surface area contributed by atoms with Gasteiger partial charge in [0.2, 0.25) is 0 Å². The van der Waals surface area contributed by atoms with Gasteiger partial charge in [0.1, 0.15) is 18.1 Å². The lowest BCUT2D eigenvalue weighted by Gasteiger charge is -2.07. The first kappa shape index (κ1) is 16.7. The zero-order valence-electron chi connectivity index (χ0n) is 12.2. The van der Waals surface area contributed by atoms with E-state index in [1.54, 1.807) is 18.2 Å². The molecule has 0 atom stereocenters. The van der Waals surface area contributed by atoms with E-state index in [2.05, 4.69) is 4.98 Å². The molecule has 0 spiro atoms. The van der Waals surface area contributed by atoms with Crippen molar-refractivity contribution in [3.63, 3.8) is 0 Å². The van der Waals surface area contributed by atoms with E-state index in [0.717, 1.165) is 0 Å². The zero-order chi connectivity index (χ0) is 16.7. The van der Waals surface area contributed by atoms with Gasteiger partial charge in [0, 0.05) is 11.9 Å². The van der Waals surface area contributed by atoms with Crippen molar-refractivity contribution in [1.82, 2.24) is 4.98 Å². The molecule has 23 heavy (non-hydrogen) atoms. The van der Waals surface area contributed by atoms with E-state index < -0.39 is 12.1 Å². The Morgan fingerprint density at radius 1 is 1.13 bits per heavy atom. The van der Waals surface area contributed by atoms with Crippen LogP contribution in [0.15, 0.2) is 30.3 Å². The standard InChI is InChI=1S/C15H16N2O6/c16-5-6-21-7-8-22-15(20)23-11-2-4-12-10(9-11)1-3-13(17-12)14(18)19/h1-4,9H,5-8,16H2,(H,18,19). The Morgan fingerprint density at radius 3 is 2.70 bits per heavy atom. The van der Waals surface area contributed by atoms with Crippen molar-refractivity contribution in [2.45, 2.75) is 0 Å². The van der Waals surface area contributed by atoms with Crippen molar-refractivity contribution in [3.8, 4) is 5.75 Å². The molecule has 122 valence electrons. The zero-order valence-corrected chi connectivity index (χ0v) is 12.2. The molecule has 8 nitrogen and oxygen atoms in total. The maximum Gasteiger partial charge on any atom is 0.513 e. The maximum atomic E-state index is 11.5. The van der Waals surface area contributed by atoms with E-state index >= 15 is 0 Å². The Balaban J connectivity index is 1.94. The molecule has 0 aliphatic carbocycles. The van der Waals surface area contributed by atoms with Crippen molar-refractivity contribution in [1.29, 1.82) is 0 Å². The molecule has 0 unspecified atom stereocenters. The summed E-state index contributed by atoms with van der Waals surface area (Å²) in [7, 11) is 0. The highest BCUT2D eigenvalue weighted by molar-refractivity contribution is 5.90. The van der Waals surface area contributed by atoms with Crippen molar-refractivity contribution in [2.75, 3.05) is 26.4 Å². The van der Waals surface area contributed by atoms with Crippen LogP contribution in [0.2, 0.25) is 0 Å². The molecule has 1 aromatic carbocycles. The minimum absolute atomic E-state index is 0.0527. The smallest absolute Gasteiger partial charge is 0.477 e. The van der Waals surface area contributed by atoms with Crippen LogP contribution in [0.25, 0.3) is 10.9 Å². The molecular weight excluding hydrogens is 304 g/mol. The van der Waals surface area contributed by atoms with Crippen LogP contribution in [0.5, 0.6) is 5.75 Å². The van der Waals surface area contributed by atoms with Gasteiger partial charge in [-0.05, 0) is 24.3 Å². The number of carboxylic acid groups (broad SMARTS) is 1. The summed E-state index contributed by atoms with van der Waals surface area (Å²) >= 11 is 0. The van der Waals surface area contributed by atoms with Crippen LogP contribution in [0.3, 0.4) is 0 Å². The molecule has 8 heteroatoms. The minimum atomic E-state index is -1.10. The summed E-state index contributed by atoms with van der Waals surface area (Å²) in [5.74, 6) is -0.831. The summed E-state index contributed by atoms with van der Waals surface area (Å²) in [6, 6.07) is 7.61. The molecule has 2 aromatic rings. The van der Waals surface area contributed by atoms with Gasteiger partial charge in [0.25, 0.3) is 0 Å². The number of carboxylic acids is 1. The highest BCUT2D eigenvalue weighted by Crippen LogP contribution is 2.20. The number of pyridine rings is 1. The number of nitrogens with zero attached hydrogens (tertiary/aromatic N) is 1. The number of hydrogen-bond acceptors (Lipinski definition) is 7. The number of carbonyl (C=O) groups is 2. The largest absolute Gasteiger partial charge is 0.513 e. The van der Waals surface area contributed by atoms with Crippen molar-refractivity contribution < 1.29 is 28.9 Å². The summed E-state index contributed by atoms with van der Waals surface area (Å²) in [4.78, 5) is 26.3. The van der Waals surface area contributed by atoms with Crippen molar-refractivity contribution in [3.05, 3.63) is 36.0 Å². The van der Waals surface area contributed by atoms with E-state index in [9.17, 15) is 9.59 Å². The van der Waals surface area contributed by atoms with Crippen molar-refractivity contribution >= 4 is 23.0 Å². The quantitative estimate of drug-likeness (QED) is 0.446. The van der Waals surface area contributed by atoms with Gasteiger partial charge in [-0.3, -0.25) is 0 Å². The fourth-order valence-electron chi connectivity index (χ4n) is 1.78. The topological polar surface area (TPSA) is 121 Å². The average molecular weight is 320 g/mol. The number of fused-ring (bicyclic) bond motifs is 1. The highest BCUT2D eigenvalue weighted by Gasteiger charge is 2.09. The molecule has 0 saturated heterocycles. The van der Waals surface area contributed by atoms with Crippen LogP contribution < -0.4 is 10.5 Å². The number of ether oxygens (including phenoxy) is 3. The molecule has 1 aromatic heterocycles. The molecule has 0 saturated carbocycles. The predicted molar refractivity (Wildman–Crippen MR) is 80.6 cm³/mol. The first-order chi connectivity index (χ1) is 11.1. The van der Waals surface area contributed by atoms with Crippen LogP contribution in [-0.2, 0) is 9.47 Å². The Labute approximate surface area is 131 Å². The summed E-state index contributed by atoms with van der Waals surface area (Å²) in [5.41, 5.74) is 5.68. The van der Waals surface area contributed by atoms with Gasteiger partial charge < -0.3 is 25.1 Å². The van der Waals surface area contributed by atoms with E-state index in [0.29, 0.717) is 24.1 Å². The molecule has 0 radical (unpaired) electrons. The molecule has 0 fully saturated rings. The van der Waals surface area contributed by atoms with Crippen LogP contribution >= 0.6 is 0 Å². The van der Waals surface area contributed by atoms with Crippen molar-refractivity contribution in [2.24, 2.45) is 5.73 Å². The number of aromatic nitrogens is 1. The highest BCUT2D eigenvalue weighted by atomic mass is 16.7. The second kappa shape index (κ2) is 8.06. The van der Waals surface area contributed by atoms with Gasteiger partial charge in [-0.2, -0.15) is 0 Å². The molecule has 3 N–H and O–H groups in total. The van der Waals surface area contributed by atoms with Gasteiger partial charge in [0.05, 0.1) is 18.7 Å². The van der Waals surface area contributed by atoms with Gasteiger partial charge in [-0.1, -0.05) is 6.07 Å². The van der Waals surface area contributed by atoms with Crippen LogP contribution in [0, 0.1) is 0 Å². The fourth-order valence-corrected chi connectivity index (χ4v) is 1.78. The number of rotatable bonds is 7. The Morgan fingerprint density at radius 2 is 1.96 bits per heavy atom. The number of hydrogen-bond donors (Lipinski definition) is 2. The SMILES string of the molecule is NCCOCCOC(=O)Oc1ccc2nc(C(=O)O)ccc2c1. The normalized spacial score (nSPS) is 10.5. The minimum Gasteiger partial charge on any atom is -0.477 e. The molecule has 1 heterocycles. The number of nitrogens with two attached hydrogens (primary N) is 1. The summed E-state index contributed by atoms with van der Waals surface area (Å²) in [6.07, 6.45) is -0.851. The molecular formula is C15H16N2O6. The van der Waals surface area contributed by atoms with Crippen LogP contribution in [-0.4, -0.2) is 48.6 Å². The predicted octanol–water partition coefficient (Wildman–Crippen LogP) is 1.42. The van der Waals surface area contributed by atoms with E-state index in [-0.39, 0.29) is 24.7 Å². The third-order valence-corrected chi connectivity index (χ3v) is 2.79. The molecule has 2 rings (SSSR count). The summed E-state index contributed by atoms with van der Waals surface area (Å²) in [5, 5.41) is 9.53. The monoisotopic (exact) mass is 320 g/mol. The van der Waals surface area contributed by atoms with Gasteiger partial charge in [-0.25, -0.2) is 14.6 Å². The van der Waals surface area contributed by atoms with Gasteiger partial charge in [-0.15, -0.1) is 0 Å². The van der Waals surface area contributed by atoms with E-state index in [1.807, 2.05) is 0 Å². The first-order valence-corrected chi connectivity index (χ1v) is 6.86. The van der Waals surface area contributed by atoms with E-state index in [1.165, 1.54) is 12.1 Å². The molecule has 0 aliphatic heterocycles. The molecule has 0 bridgehead atoms.